The van der Waals surface area contributed by atoms with Crippen LogP contribution in [0.4, 0.5) is 0 Å². The predicted molar refractivity (Wildman–Crippen MR) is 147 cm³/mol. The molecule has 0 unspecified atom stereocenters. The fourth-order valence-electron chi connectivity index (χ4n) is 5.29. The maximum atomic E-state index is 13.5. The Hall–Kier alpha value is -3.70. The molecule has 1 aliphatic carbocycles. The van der Waals surface area contributed by atoms with Gasteiger partial charge in [0.05, 0.1) is 17.1 Å². The van der Waals surface area contributed by atoms with Gasteiger partial charge in [0.2, 0.25) is 0 Å². The molecular weight excluding hydrogens is 468 g/mol. The summed E-state index contributed by atoms with van der Waals surface area (Å²) in [6.45, 7) is 0.719. The molecule has 2 heterocycles. The van der Waals surface area contributed by atoms with Gasteiger partial charge in [0.25, 0.3) is 5.56 Å². The van der Waals surface area contributed by atoms with E-state index in [4.69, 9.17) is 21.7 Å². The predicted octanol–water partition coefficient (Wildman–Crippen LogP) is 6.98. The molecule has 0 spiro atoms. The summed E-state index contributed by atoms with van der Waals surface area (Å²) in [5.74, 6) is 1.03. The molecule has 1 saturated carbocycles. The van der Waals surface area contributed by atoms with Crippen LogP contribution in [0.5, 0.6) is 0 Å². The van der Waals surface area contributed by atoms with E-state index in [1.807, 2.05) is 66.9 Å². The summed E-state index contributed by atoms with van der Waals surface area (Å²) in [4.78, 5) is 18.5. The van der Waals surface area contributed by atoms with E-state index in [0.717, 1.165) is 70.6 Å². The molecule has 0 saturated heterocycles. The summed E-state index contributed by atoms with van der Waals surface area (Å²) in [7, 11) is 0. The fourth-order valence-corrected chi connectivity index (χ4v) is 5.42. The van der Waals surface area contributed by atoms with Gasteiger partial charge in [-0.1, -0.05) is 73.3 Å². The summed E-state index contributed by atoms with van der Waals surface area (Å²) in [5.41, 5.74) is 3.88. The molecule has 36 heavy (non-hydrogen) atoms. The number of hydrogen-bond donors (Lipinski definition) is 0. The first-order valence-corrected chi connectivity index (χ1v) is 12.9. The van der Waals surface area contributed by atoms with Crippen molar-refractivity contribution in [2.75, 3.05) is 0 Å². The van der Waals surface area contributed by atoms with Crippen LogP contribution in [-0.2, 0) is 6.54 Å². The van der Waals surface area contributed by atoms with Crippen molar-refractivity contribution in [3.05, 3.63) is 111 Å². The van der Waals surface area contributed by atoms with E-state index in [0.29, 0.717) is 5.39 Å². The van der Waals surface area contributed by atoms with Crippen molar-refractivity contribution in [1.29, 1.82) is 0 Å². The third-order valence-electron chi connectivity index (χ3n) is 7.15. The van der Waals surface area contributed by atoms with Crippen molar-refractivity contribution in [3.8, 4) is 0 Å². The first-order valence-electron chi connectivity index (χ1n) is 12.6. The maximum Gasteiger partial charge on any atom is 0.282 e. The lowest BCUT2D eigenvalue weighted by Crippen LogP contribution is -2.25. The van der Waals surface area contributed by atoms with Crippen molar-refractivity contribution in [1.82, 2.24) is 14.2 Å². The highest BCUT2D eigenvalue weighted by Crippen LogP contribution is 2.32. The van der Waals surface area contributed by atoms with Crippen molar-refractivity contribution < 1.29 is 0 Å². The minimum Gasteiger partial charge on any atom is -0.342 e. The Balaban J connectivity index is 1.44. The quantitative estimate of drug-likeness (QED) is 0.247. The Morgan fingerprint density at radius 3 is 2.44 bits per heavy atom. The summed E-state index contributed by atoms with van der Waals surface area (Å²) in [6.07, 6.45) is 9.56. The zero-order chi connectivity index (χ0) is 24.5. The molecule has 180 valence electrons. The van der Waals surface area contributed by atoms with E-state index in [-0.39, 0.29) is 11.5 Å². The van der Waals surface area contributed by atoms with Crippen LogP contribution in [0.1, 0.15) is 55.0 Å². The molecular formula is C30H27ClN4O. The first-order chi connectivity index (χ1) is 17.7. The number of benzene rings is 3. The lowest BCUT2D eigenvalue weighted by atomic mass is 9.88. The number of para-hydroxylation sites is 2. The molecule has 0 radical (unpaired) electrons. The first kappa shape index (κ1) is 22.7. The number of rotatable bonds is 5. The van der Waals surface area contributed by atoms with E-state index < -0.39 is 0 Å². The minimum atomic E-state index is -0.109. The molecule has 0 N–H and O–H groups in total. The van der Waals surface area contributed by atoms with Gasteiger partial charge in [-0.15, -0.1) is 0 Å². The Kier molecular flexibility index (Phi) is 6.16. The van der Waals surface area contributed by atoms with Crippen LogP contribution in [0.15, 0.2) is 88.9 Å². The summed E-state index contributed by atoms with van der Waals surface area (Å²) < 4.78 is 3.76. The summed E-state index contributed by atoms with van der Waals surface area (Å²) >= 11 is 6.07. The second-order valence-electron chi connectivity index (χ2n) is 9.54. The second kappa shape index (κ2) is 9.75. The van der Waals surface area contributed by atoms with Crippen LogP contribution in [-0.4, -0.2) is 20.4 Å². The normalized spacial score (nSPS) is 14.8. The van der Waals surface area contributed by atoms with Crippen LogP contribution in [0.3, 0.4) is 0 Å². The standard InChI is InChI=1S/C30H27ClN4O/c31-24-16-14-21(15-17-24)19-34-20-23(25-10-5-7-13-28(25)34)18-32-35-29(22-8-2-1-3-9-22)33-27-12-6-4-11-26(27)30(35)36/h4-7,10-18,20,22H,1-3,8-9,19H2. The lowest BCUT2D eigenvalue weighted by molar-refractivity contribution is 0.416. The molecule has 6 rings (SSSR count). The van der Waals surface area contributed by atoms with Crippen molar-refractivity contribution >= 4 is 39.6 Å². The van der Waals surface area contributed by atoms with Gasteiger partial charge in [-0.05, 0) is 48.7 Å². The molecule has 1 fully saturated rings. The highest BCUT2D eigenvalue weighted by molar-refractivity contribution is 6.30. The molecule has 3 aromatic carbocycles. The second-order valence-corrected chi connectivity index (χ2v) is 9.98. The third kappa shape index (κ3) is 4.35. The van der Waals surface area contributed by atoms with Gasteiger partial charge >= 0.3 is 0 Å². The van der Waals surface area contributed by atoms with Crippen LogP contribution in [0, 0.1) is 0 Å². The molecule has 0 atom stereocenters. The highest BCUT2D eigenvalue weighted by Gasteiger charge is 2.22. The smallest absolute Gasteiger partial charge is 0.282 e. The Labute approximate surface area is 214 Å². The van der Waals surface area contributed by atoms with E-state index in [1.165, 1.54) is 6.42 Å². The maximum absolute atomic E-state index is 13.5. The number of hydrogen-bond acceptors (Lipinski definition) is 3. The van der Waals surface area contributed by atoms with Crippen LogP contribution >= 0.6 is 11.6 Å². The van der Waals surface area contributed by atoms with Crippen molar-refractivity contribution in [3.63, 3.8) is 0 Å². The van der Waals surface area contributed by atoms with Gasteiger partial charge < -0.3 is 4.57 Å². The number of fused-ring (bicyclic) bond motifs is 2. The van der Waals surface area contributed by atoms with E-state index in [2.05, 4.69) is 22.9 Å². The fraction of sp³-hybridized carbons (Fsp3) is 0.233. The Bertz CT molecular complexity index is 1630. The SMILES string of the molecule is O=c1c2ccccc2nc(C2CCCCC2)n1N=Cc1cn(Cc2ccc(Cl)cc2)c2ccccc12. The highest BCUT2D eigenvalue weighted by atomic mass is 35.5. The summed E-state index contributed by atoms with van der Waals surface area (Å²) in [6, 6.07) is 23.8. The molecule has 0 amide bonds. The van der Waals surface area contributed by atoms with Gasteiger partial charge in [0.1, 0.15) is 5.82 Å². The largest absolute Gasteiger partial charge is 0.342 e. The molecule has 1 aliphatic rings. The van der Waals surface area contributed by atoms with Gasteiger partial charge in [-0.25, -0.2) is 4.98 Å². The Morgan fingerprint density at radius 2 is 1.64 bits per heavy atom. The van der Waals surface area contributed by atoms with Gasteiger partial charge in [0, 0.05) is 40.1 Å². The molecule has 5 aromatic rings. The van der Waals surface area contributed by atoms with Crippen LogP contribution in [0.2, 0.25) is 5.02 Å². The number of nitrogens with zero attached hydrogens (tertiary/aromatic N) is 4. The van der Waals surface area contributed by atoms with E-state index in [1.54, 1.807) is 4.68 Å². The van der Waals surface area contributed by atoms with Gasteiger partial charge in [0.15, 0.2) is 0 Å². The number of halogens is 1. The van der Waals surface area contributed by atoms with Crippen LogP contribution in [0.25, 0.3) is 21.8 Å². The monoisotopic (exact) mass is 494 g/mol. The average molecular weight is 495 g/mol. The van der Waals surface area contributed by atoms with Crippen molar-refractivity contribution in [2.45, 2.75) is 44.6 Å². The zero-order valence-corrected chi connectivity index (χ0v) is 20.7. The Morgan fingerprint density at radius 1 is 0.917 bits per heavy atom. The summed E-state index contributed by atoms with van der Waals surface area (Å²) in [5, 5.41) is 7.19. The minimum absolute atomic E-state index is 0.109. The van der Waals surface area contributed by atoms with Crippen molar-refractivity contribution in [2.24, 2.45) is 5.10 Å². The van der Waals surface area contributed by atoms with Gasteiger partial charge in [-0.2, -0.15) is 9.78 Å². The average Bonchev–Trinajstić information content (AvgIpc) is 3.27. The zero-order valence-electron chi connectivity index (χ0n) is 20.0. The van der Waals surface area contributed by atoms with E-state index in [9.17, 15) is 4.79 Å². The van der Waals surface area contributed by atoms with Crippen LogP contribution < -0.4 is 5.56 Å². The molecule has 0 bridgehead atoms. The topological polar surface area (TPSA) is 52.2 Å². The molecule has 2 aromatic heterocycles. The third-order valence-corrected chi connectivity index (χ3v) is 7.40. The molecule has 0 aliphatic heterocycles. The lowest BCUT2D eigenvalue weighted by Gasteiger charge is -2.22. The van der Waals surface area contributed by atoms with Gasteiger partial charge in [-0.3, -0.25) is 4.79 Å². The van der Waals surface area contributed by atoms with E-state index >= 15 is 0 Å². The molecule has 6 heteroatoms. The molecule has 5 nitrogen and oxygen atoms in total. The number of aromatic nitrogens is 3.